The highest BCUT2D eigenvalue weighted by Gasteiger charge is 2.33. The van der Waals surface area contributed by atoms with Gasteiger partial charge in [0.25, 0.3) is 0 Å². The maximum atomic E-state index is 12.4. The van der Waals surface area contributed by atoms with E-state index in [2.05, 4.69) is 15.4 Å². The van der Waals surface area contributed by atoms with Crippen molar-refractivity contribution in [1.82, 2.24) is 14.8 Å². The monoisotopic (exact) mass is 463 g/mol. The second-order valence-electron chi connectivity index (χ2n) is 7.97. The number of rotatable bonds is 10. The van der Waals surface area contributed by atoms with Crippen LogP contribution in [-0.4, -0.2) is 39.0 Å². The predicted molar refractivity (Wildman–Crippen MR) is 127 cm³/mol. The van der Waals surface area contributed by atoms with E-state index in [-0.39, 0.29) is 6.61 Å². The molecule has 2 heterocycles. The number of benzene rings is 2. The Hall–Kier alpha value is -3.85. The molecule has 0 saturated heterocycles. The maximum absolute atomic E-state index is 12.4. The normalized spacial score (nSPS) is 15.0. The molecule has 1 unspecified atom stereocenters. The van der Waals surface area contributed by atoms with Crippen LogP contribution in [-0.2, 0) is 17.8 Å². The van der Waals surface area contributed by atoms with Crippen LogP contribution in [0.4, 0.5) is 5.95 Å². The summed E-state index contributed by atoms with van der Waals surface area (Å²) >= 11 is 0. The number of aliphatic hydroxyl groups is 1. The highest BCUT2D eigenvalue weighted by Crippen LogP contribution is 2.39. The van der Waals surface area contributed by atoms with Gasteiger partial charge in [0.15, 0.2) is 17.3 Å². The summed E-state index contributed by atoms with van der Waals surface area (Å²) in [5, 5.41) is 16.9. The number of hydrogen-bond acceptors (Lipinski definition) is 7. The fourth-order valence-electron chi connectivity index (χ4n) is 3.98. The van der Waals surface area contributed by atoms with Crippen molar-refractivity contribution in [1.29, 1.82) is 0 Å². The number of nitrogens with two attached hydrogens (primary N) is 1. The van der Waals surface area contributed by atoms with E-state index in [0.717, 1.165) is 11.1 Å². The summed E-state index contributed by atoms with van der Waals surface area (Å²) in [4.78, 5) is 17.0. The molecule has 1 aliphatic rings. The van der Waals surface area contributed by atoms with Gasteiger partial charge in [-0.25, -0.2) is 4.68 Å². The zero-order chi connectivity index (χ0) is 24.1. The van der Waals surface area contributed by atoms with Crippen LogP contribution in [0.2, 0.25) is 0 Å². The van der Waals surface area contributed by atoms with Crippen molar-refractivity contribution in [2.24, 2.45) is 5.73 Å². The van der Waals surface area contributed by atoms with Gasteiger partial charge in [0.1, 0.15) is 12.6 Å². The minimum absolute atomic E-state index is 0.0483. The van der Waals surface area contributed by atoms with Gasteiger partial charge in [-0.05, 0) is 43.5 Å². The summed E-state index contributed by atoms with van der Waals surface area (Å²) in [6.45, 7) is 4.60. The van der Waals surface area contributed by atoms with Crippen molar-refractivity contribution in [3.63, 3.8) is 0 Å². The number of primary amides is 1. The molecule has 1 atom stereocenters. The number of allylic oxidation sites excluding steroid dienone is 1. The molecule has 1 aromatic heterocycles. The lowest BCUT2D eigenvalue weighted by Crippen LogP contribution is -2.31. The van der Waals surface area contributed by atoms with Crippen LogP contribution in [0.5, 0.6) is 11.5 Å². The van der Waals surface area contributed by atoms with Crippen LogP contribution < -0.4 is 20.5 Å². The lowest BCUT2D eigenvalue weighted by molar-refractivity contribution is -0.115. The minimum atomic E-state index is -0.577. The van der Waals surface area contributed by atoms with E-state index in [1.165, 1.54) is 0 Å². The molecule has 3 aromatic rings. The molecule has 34 heavy (non-hydrogen) atoms. The zero-order valence-electron chi connectivity index (χ0n) is 19.3. The number of nitrogens with zero attached hydrogens (tertiary/aromatic N) is 3. The Kier molecular flexibility index (Phi) is 7.12. The highest BCUT2D eigenvalue weighted by molar-refractivity contribution is 5.95. The van der Waals surface area contributed by atoms with Gasteiger partial charge in [-0.1, -0.05) is 36.4 Å². The largest absolute Gasteiger partial charge is 0.490 e. The van der Waals surface area contributed by atoms with E-state index in [0.29, 0.717) is 60.6 Å². The average Bonchev–Trinajstić information content (AvgIpc) is 3.24. The topological polar surface area (TPSA) is 125 Å². The fraction of sp³-hybridized carbons (Fsp3) is 0.320. The number of carbonyl (C=O) groups is 1. The molecule has 0 fully saturated rings. The molecular weight excluding hydrogens is 434 g/mol. The zero-order valence-corrected chi connectivity index (χ0v) is 19.3. The standard InChI is InChI=1S/C25H29N5O4/c1-3-33-20-14-18(11-12-19(20)34-15-17-8-5-4-6-9-17)23-22(24(26)32)16(2)27-25-28-21(10-7-13-31)29-30(23)25/h4-6,8-9,11-12,14,23,31H,3,7,10,13,15H2,1-2H3,(H2,26,32)(H,27,28,29). The third-order valence-corrected chi connectivity index (χ3v) is 5.54. The van der Waals surface area contributed by atoms with Gasteiger partial charge in [-0.15, -0.1) is 0 Å². The lowest BCUT2D eigenvalue weighted by atomic mass is 9.95. The van der Waals surface area contributed by atoms with E-state index in [9.17, 15) is 4.79 Å². The van der Waals surface area contributed by atoms with Crippen molar-refractivity contribution in [3.8, 4) is 11.5 Å². The number of aryl methyl sites for hydroxylation is 1. The van der Waals surface area contributed by atoms with Crippen molar-refractivity contribution in [3.05, 3.63) is 76.8 Å². The molecule has 1 aliphatic heterocycles. The van der Waals surface area contributed by atoms with E-state index < -0.39 is 11.9 Å². The van der Waals surface area contributed by atoms with Crippen molar-refractivity contribution < 1.29 is 19.4 Å². The van der Waals surface area contributed by atoms with E-state index >= 15 is 0 Å². The molecule has 2 aromatic carbocycles. The van der Waals surface area contributed by atoms with Gasteiger partial charge in [0.2, 0.25) is 11.9 Å². The second kappa shape index (κ2) is 10.4. The highest BCUT2D eigenvalue weighted by atomic mass is 16.5. The van der Waals surface area contributed by atoms with Gasteiger partial charge >= 0.3 is 0 Å². The Morgan fingerprint density at radius 2 is 1.97 bits per heavy atom. The molecule has 178 valence electrons. The fourth-order valence-corrected chi connectivity index (χ4v) is 3.98. The van der Waals surface area contributed by atoms with Gasteiger partial charge in [-0.2, -0.15) is 10.1 Å². The smallest absolute Gasteiger partial charge is 0.248 e. The van der Waals surface area contributed by atoms with E-state index in [1.807, 2.05) is 55.5 Å². The van der Waals surface area contributed by atoms with Crippen LogP contribution in [0.15, 0.2) is 59.8 Å². The third kappa shape index (κ3) is 4.89. The Morgan fingerprint density at radius 1 is 1.18 bits per heavy atom. The number of ether oxygens (including phenoxy) is 2. The summed E-state index contributed by atoms with van der Waals surface area (Å²) in [6.07, 6.45) is 1.07. The number of anilines is 1. The van der Waals surface area contributed by atoms with E-state index in [4.69, 9.17) is 20.3 Å². The first-order chi connectivity index (χ1) is 16.5. The first-order valence-corrected chi connectivity index (χ1v) is 11.3. The van der Waals surface area contributed by atoms with Crippen molar-refractivity contribution in [2.45, 2.75) is 39.3 Å². The average molecular weight is 464 g/mol. The quantitative estimate of drug-likeness (QED) is 0.422. The predicted octanol–water partition coefficient (Wildman–Crippen LogP) is 2.95. The number of fused-ring (bicyclic) bond motifs is 1. The first kappa shape index (κ1) is 23.3. The molecule has 4 N–H and O–H groups in total. The molecule has 0 bridgehead atoms. The van der Waals surface area contributed by atoms with Crippen LogP contribution in [0, 0.1) is 0 Å². The van der Waals surface area contributed by atoms with Crippen molar-refractivity contribution >= 4 is 11.9 Å². The molecular formula is C25H29N5O4. The van der Waals surface area contributed by atoms with Gasteiger partial charge < -0.3 is 25.6 Å². The minimum Gasteiger partial charge on any atom is -0.490 e. The first-order valence-electron chi connectivity index (χ1n) is 11.3. The Bertz CT molecular complexity index is 1190. The molecule has 4 rings (SSSR count). The lowest BCUT2D eigenvalue weighted by Gasteiger charge is -2.28. The molecule has 0 saturated carbocycles. The van der Waals surface area contributed by atoms with Crippen LogP contribution in [0.25, 0.3) is 0 Å². The second-order valence-corrected chi connectivity index (χ2v) is 7.97. The molecule has 0 spiro atoms. The number of amides is 1. The number of hydrogen-bond donors (Lipinski definition) is 3. The molecule has 0 radical (unpaired) electrons. The Balaban J connectivity index is 1.71. The number of carbonyl (C=O) groups excluding carboxylic acids is 1. The van der Waals surface area contributed by atoms with Gasteiger partial charge in [-0.3, -0.25) is 4.79 Å². The number of aromatic nitrogens is 3. The maximum Gasteiger partial charge on any atom is 0.248 e. The van der Waals surface area contributed by atoms with Gasteiger partial charge in [0.05, 0.1) is 12.2 Å². The molecule has 9 heteroatoms. The van der Waals surface area contributed by atoms with Crippen molar-refractivity contribution in [2.75, 3.05) is 18.5 Å². The number of aliphatic hydroxyl groups excluding tert-OH is 1. The van der Waals surface area contributed by atoms with Crippen LogP contribution in [0.3, 0.4) is 0 Å². The summed E-state index contributed by atoms with van der Waals surface area (Å²) < 4.78 is 13.6. The van der Waals surface area contributed by atoms with E-state index in [1.54, 1.807) is 11.6 Å². The Morgan fingerprint density at radius 3 is 2.68 bits per heavy atom. The summed E-state index contributed by atoms with van der Waals surface area (Å²) in [5.41, 5.74) is 8.61. The third-order valence-electron chi connectivity index (χ3n) is 5.54. The molecule has 0 aliphatic carbocycles. The summed E-state index contributed by atoms with van der Waals surface area (Å²) in [6, 6.07) is 14.9. The van der Waals surface area contributed by atoms with Crippen LogP contribution >= 0.6 is 0 Å². The van der Waals surface area contributed by atoms with Gasteiger partial charge in [0, 0.05) is 18.7 Å². The summed E-state index contributed by atoms with van der Waals surface area (Å²) in [5.74, 6) is 1.72. The molecule has 9 nitrogen and oxygen atoms in total. The Labute approximate surface area is 198 Å². The molecule has 1 amide bonds. The number of nitrogens with one attached hydrogen (secondary N) is 1. The van der Waals surface area contributed by atoms with Crippen LogP contribution in [0.1, 0.15) is 43.3 Å². The summed E-state index contributed by atoms with van der Waals surface area (Å²) in [7, 11) is 0. The SMILES string of the molecule is CCOc1cc(C2C(C(N)=O)=C(C)Nc3nc(CCCO)nn32)ccc1OCc1ccccc1.